The van der Waals surface area contributed by atoms with E-state index in [1.165, 1.54) is 25.1 Å². The number of halogens is 3. The zero-order valence-electron chi connectivity index (χ0n) is 13.6. The Bertz CT molecular complexity index is 719. The van der Waals surface area contributed by atoms with Crippen LogP contribution in [0, 0.1) is 6.92 Å². The van der Waals surface area contributed by atoms with Crippen molar-refractivity contribution < 1.29 is 37.5 Å². The number of carbonyl (C=O) groups is 4. The fraction of sp³-hybridized carbons (Fsp3) is 0.333. The lowest BCUT2D eigenvalue weighted by atomic mass is 10.0. The highest BCUT2D eigenvalue weighted by Crippen LogP contribution is 2.12. The summed E-state index contributed by atoms with van der Waals surface area (Å²) >= 11 is 0. The van der Waals surface area contributed by atoms with E-state index in [0.29, 0.717) is 5.56 Å². The highest BCUT2D eigenvalue weighted by molar-refractivity contribution is 5.99. The first-order valence-corrected chi connectivity index (χ1v) is 7.22. The first-order chi connectivity index (χ1) is 12.0. The number of hydrogen-bond donors (Lipinski definition) is 4. The average Bonchev–Trinajstić information content (AvgIpc) is 2.55. The van der Waals surface area contributed by atoms with Crippen molar-refractivity contribution in [1.29, 1.82) is 0 Å². The molecule has 0 aliphatic carbocycles. The maximum atomic E-state index is 12.0. The molecular formula is C15H16F3N3O5. The molecule has 0 saturated carbocycles. The number of aryl methyl sites for hydroxylation is 1. The van der Waals surface area contributed by atoms with Gasteiger partial charge in [-0.1, -0.05) is 0 Å². The summed E-state index contributed by atoms with van der Waals surface area (Å²) in [7, 11) is 0. The molecule has 0 unspecified atom stereocenters. The van der Waals surface area contributed by atoms with E-state index in [2.05, 4.69) is 10.6 Å². The van der Waals surface area contributed by atoms with Gasteiger partial charge in [0.05, 0.1) is 18.7 Å². The van der Waals surface area contributed by atoms with Gasteiger partial charge in [-0.3, -0.25) is 14.4 Å². The van der Waals surface area contributed by atoms with Gasteiger partial charge in [0.2, 0.25) is 11.8 Å². The lowest BCUT2D eigenvalue weighted by Crippen LogP contribution is -2.43. The summed E-state index contributed by atoms with van der Waals surface area (Å²) < 4.78 is 35.7. The normalized spacial score (nSPS) is 10.8. The summed E-state index contributed by atoms with van der Waals surface area (Å²) in [5.41, 5.74) is 0.543. The van der Waals surface area contributed by atoms with Crippen LogP contribution in [0.25, 0.3) is 0 Å². The number of carboxylic acid groups (broad SMARTS) is 1. The molecule has 0 fully saturated rings. The van der Waals surface area contributed by atoms with Crippen molar-refractivity contribution in [2.45, 2.75) is 13.1 Å². The van der Waals surface area contributed by atoms with Crippen molar-refractivity contribution in [1.82, 2.24) is 16.0 Å². The van der Waals surface area contributed by atoms with Crippen LogP contribution in [-0.4, -0.2) is 54.6 Å². The van der Waals surface area contributed by atoms with Crippen LogP contribution in [0.3, 0.4) is 0 Å². The summed E-state index contributed by atoms with van der Waals surface area (Å²) in [5.74, 6) is -3.60. The highest BCUT2D eigenvalue weighted by atomic mass is 19.4. The van der Waals surface area contributed by atoms with E-state index >= 15 is 0 Å². The fourth-order valence-electron chi connectivity index (χ4n) is 1.81. The maximum absolute atomic E-state index is 12.0. The van der Waals surface area contributed by atoms with Crippen LogP contribution in [0.5, 0.6) is 0 Å². The predicted molar refractivity (Wildman–Crippen MR) is 82.5 cm³/mol. The van der Waals surface area contributed by atoms with Crippen LogP contribution in [0.15, 0.2) is 18.2 Å². The van der Waals surface area contributed by atoms with E-state index in [4.69, 9.17) is 5.11 Å². The third-order valence-corrected chi connectivity index (χ3v) is 3.06. The molecule has 0 heterocycles. The van der Waals surface area contributed by atoms with E-state index < -0.39 is 49.5 Å². The van der Waals surface area contributed by atoms with Crippen molar-refractivity contribution in [3.05, 3.63) is 34.9 Å². The topological polar surface area (TPSA) is 125 Å². The number of amides is 3. The second-order valence-electron chi connectivity index (χ2n) is 5.19. The minimum atomic E-state index is -4.55. The Balaban J connectivity index is 2.44. The molecule has 1 aromatic carbocycles. The number of alkyl halides is 3. The Labute approximate surface area is 145 Å². The second kappa shape index (κ2) is 8.83. The SMILES string of the molecule is Cc1cc(C(=O)O)ccc1C(=O)NCC(=O)NCC(=O)NCC(F)(F)F. The molecule has 0 aliphatic rings. The van der Waals surface area contributed by atoms with Gasteiger partial charge < -0.3 is 21.1 Å². The number of hydrogen-bond acceptors (Lipinski definition) is 4. The standard InChI is InChI=1S/C15H16F3N3O5/c1-8-4-9(14(25)26)2-3-10(8)13(24)20-6-11(22)19-5-12(23)21-7-15(16,17)18/h2-4H,5-7H2,1H3,(H,19,22)(H,20,24)(H,21,23)(H,25,26). The molecule has 0 spiro atoms. The van der Waals surface area contributed by atoms with E-state index in [-0.39, 0.29) is 11.1 Å². The number of nitrogens with one attached hydrogen (secondary N) is 3. The van der Waals surface area contributed by atoms with Crippen LogP contribution < -0.4 is 16.0 Å². The molecule has 0 bridgehead atoms. The number of carboxylic acids is 1. The van der Waals surface area contributed by atoms with Crippen molar-refractivity contribution in [2.24, 2.45) is 0 Å². The first-order valence-electron chi connectivity index (χ1n) is 7.22. The molecule has 3 amide bonds. The van der Waals surface area contributed by atoms with Gasteiger partial charge in [-0.25, -0.2) is 4.79 Å². The van der Waals surface area contributed by atoms with E-state index in [9.17, 15) is 32.3 Å². The number of aromatic carboxylic acids is 1. The van der Waals surface area contributed by atoms with Crippen molar-refractivity contribution >= 4 is 23.7 Å². The predicted octanol–water partition coefficient (Wildman–Crippen LogP) is 0.218. The summed E-state index contributed by atoms with van der Waals surface area (Å²) in [6, 6.07) is 3.81. The first kappa shape index (κ1) is 20.9. The Morgan fingerprint density at radius 1 is 1.00 bits per heavy atom. The van der Waals surface area contributed by atoms with Crippen LogP contribution in [0.4, 0.5) is 13.2 Å². The number of carbonyl (C=O) groups excluding carboxylic acids is 3. The second-order valence-corrected chi connectivity index (χ2v) is 5.19. The highest BCUT2D eigenvalue weighted by Gasteiger charge is 2.27. The Morgan fingerprint density at radius 2 is 1.58 bits per heavy atom. The van der Waals surface area contributed by atoms with Gasteiger partial charge in [-0.2, -0.15) is 13.2 Å². The Kier molecular flexibility index (Phi) is 7.11. The molecular weight excluding hydrogens is 359 g/mol. The molecule has 0 aromatic heterocycles. The molecule has 0 aliphatic heterocycles. The van der Waals surface area contributed by atoms with Gasteiger partial charge in [0.1, 0.15) is 6.54 Å². The molecule has 8 nitrogen and oxygen atoms in total. The average molecular weight is 375 g/mol. The van der Waals surface area contributed by atoms with Gasteiger partial charge >= 0.3 is 12.1 Å². The van der Waals surface area contributed by atoms with Crippen molar-refractivity contribution in [2.75, 3.05) is 19.6 Å². The van der Waals surface area contributed by atoms with Crippen LogP contribution in [0.1, 0.15) is 26.3 Å². The fourth-order valence-corrected chi connectivity index (χ4v) is 1.81. The lowest BCUT2D eigenvalue weighted by molar-refractivity contribution is -0.138. The molecule has 1 rings (SSSR count). The smallest absolute Gasteiger partial charge is 0.405 e. The third kappa shape index (κ3) is 7.20. The van der Waals surface area contributed by atoms with Crippen molar-refractivity contribution in [3.8, 4) is 0 Å². The van der Waals surface area contributed by atoms with Gasteiger partial charge in [-0.15, -0.1) is 0 Å². The largest absolute Gasteiger partial charge is 0.478 e. The van der Waals surface area contributed by atoms with E-state index in [1.807, 2.05) is 0 Å². The maximum Gasteiger partial charge on any atom is 0.405 e. The minimum absolute atomic E-state index is 0.00154. The van der Waals surface area contributed by atoms with Gasteiger partial charge in [0, 0.05) is 5.56 Å². The zero-order valence-corrected chi connectivity index (χ0v) is 13.6. The monoisotopic (exact) mass is 375 g/mol. The summed E-state index contributed by atoms with van der Waals surface area (Å²) in [6.45, 7) is -1.17. The number of benzene rings is 1. The lowest BCUT2D eigenvalue weighted by Gasteiger charge is -2.10. The van der Waals surface area contributed by atoms with Gasteiger partial charge in [0.25, 0.3) is 5.91 Å². The van der Waals surface area contributed by atoms with Crippen LogP contribution in [-0.2, 0) is 9.59 Å². The molecule has 4 N–H and O–H groups in total. The summed E-state index contributed by atoms with van der Waals surface area (Å²) in [6.07, 6.45) is -4.55. The van der Waals surface area contributed by atoms with Crippen molar-refractivity contribution in [3.63, 3.8) is 0 Å². The Morgan fingerprint density at radius 3 is 2.12 bits per heavy atom. The zero-order chi connectivity index (χ0) is 19.9. The van der Waals surface area contributed by atoms with Gasteiger partial charge in [0.15, 0.2) is 0 Å². The van der Waals surface area contributed by atoms with Gasteiger partial charge in [-0.05, 0) is 30.7 Å². The molecule has 26 heavy (non-hydrogen) atoms. The van der Waals surface area contributed by atoms with E-state index in [0.717, 1.165) is 0 Å². The molecule has 0 atom stereocenters. The third-order valence-electron chi connectivity index (χ3n) is 3.06. The molecule has 1 aromatic rings. The van der Waals surface area contributed by atoms with Crippen LogP contribution >= 0.6 is 0 Å². The Hall–Kier alpha value is -3.11. The molecule has 11 heteroatoms. The molecule has 0 radical (unpaired) electrons. The summed E-state index contributed by atoms with van der Waals surface area (Å²) in [5, 5.41) is 14.7. The molecule has 142 valence electrons. The quantitative estimate of drug-likeness (QED) is 0.543. The van der Waals surface area contributed by atoms with E-state index in [1.54, 1.807) is 5.32 Å². The minimum Gasteiger partial charge on any atom is -0.478 e. The number of rotatable bonds is 7. The van der Waals surface area contributed by atoms with Crippen LogP contribution in [0.2, 0.25) is 0 Å². The summed E-state index contributed by atoms with van der Waals surface area (Å²) in [4.78, 5) is 45.4. The molecule has 0 saturated heterocycles.